The fraction of sp³-hybridized carbons (Fsp3) is 0.364. The SMILES string of the molecule is CC(CC(=O)O)S(=O)(=O)Cc1c(F)ccc(Br)c1F. The molecule has 1 rings (SSSR count). The van der Waals surface area contributed by atoms with E-state index in [2.05, 4.69) is 15.9 Å². The van der Waals surface area contributed by atoms with E-state index < -0.39 is 50.4 Å². The summed E-state index contributed by atoms with van der Waals surface area (Å²) in [6.45, 7) is 1.19. The van der Waals surface area contributed by atoms with E-state index in [1.165, 1.54) is 6.92 Å². The molecule has 0 amide bonds. The van der Waals surface area contributed by atoms with Crippen LogP contribution in [0, 0.1) is 11.6 Å². The molecule has 1 N–H and O–H groups in total. The second-order valence-corrected chi connectivity index (χ2v) is 7.31. The third-order valence-corrected chi connectivity index (χ3v) is 5.26. The first-order valence-corrected chi connectivity index (χ1v) is 7.71. The highest BCUT2D eigenvalue weighted by Gasteiger charge is 2.27. The van der Waals surface area contributed by atoms with Gasteiger partial charge >= 0.3 is 5.97 Å². The van der Waals surface area contributed by atoms with Crippen LogP contribution in [0.25, 0.3) is 0 Å². The zero-order valence-electron chi connectivity index (χ0n) is 9.86. The monoisotopic (exact) mass is 356 g/mol. The molecule has 1 unspecified atom stereocenters. The van der Waals surface area contributed by atoms with Crippen LogP contribution < -0.4 is 0 Å². The lowest BCUT2D eigenvalue weighted by atomic mass is 10.2. The van der Waals surface area contributed by atoms with Crippen LogP contribution in [0.15, 0.2) is 16.6 Å². The first-order chi connectivity index (χ1) is 8.65. The Morgan fingerprint density at radius 3 is 2.53 bits per heavy atom. The van der Waals surface area contributed by atoms with Crippen LogP contribution in [0.4, 0.5) is 8.78 Å². The smallest absolute Gasteiger partial charge is 0.304 e. The summed E-state index contributed by atoms with van der Waals surface area (Å²) in [5, 5.41) is 7.33. The van der Waals surface area contributed by atoms with Gasteiger partial charge in [0.1, 0.15) is 11.6 Å². The molecule has 1 aromatic carbocycles. The van der Waals surface area contributed by atoms with Crippen molar-refractivity contribution in [2.75, 3.05) is 0 Å². The average molecular weight is 357 g/mol. The normalized spacial score (nSPS) is 13.3. The fourth-order valence-electron chi connectivity index (χ4n) is 1.42. The Labute approximate surface area is 117 Å². The van der Waals surface area contributed by atoms with Gasteiger partial charge in [-0.15, -0.1) is 0 Å². The van der Waals surface area contributed by atoms with Crippen molar-refractivity contribution < 1.29 is 27.1 Å². The molecule has 0 aliphatic carbocycles. The molecule has 1 aromatic rings. The average Bonchev–Trinajstić information content (AvgIpc) is 2.29. The van der Waals surface area contributed by atoms with Crippen LogP contribution in [0.1, 0.15) is 18.9 Å². The molecule has 0 bridgehead atoms. The van der Waals surface area contributed by atoms with Crippen molar-refractivity contribution in [2.45, 2.75) is 24.3 Å². The Bertz CT molecular complexity index is 601. The van der Waals surface area contributed by atoms with Gasteiger partial charge in [0, 0.05) is 5.56 Å². The molecule has 0 aromatic heterocycles. The second-order valence-electron chi connectivity index (χ2n) is 4.04. The number of benzene rings is 1. The summed E-state index contributed by atoms with van der Waals surface area (Å²) >= 11 is 2.83. The van der Waals surface area contributed by atoms with Crippen molar-refractivity contribution in [3.63, 3.8) is 0 Å². The molecule has 0 aliphatic rings. The Morgan fingerprint density at radius 2 is 2.00 bits per heavy atom. The predicted molar refractivity (Wildman–Crippen MR) is 68.4 cm³/mol. The van der Waals surface area contributed by atoms with Crippen LogP contribution in [-0.2, 0) is 20.4 Å². The molecular formula is C11H11BrF2O4S. The van der Waals surface area contributed by atoms with E-state index in [1.54, 1.807) is 0 Å². The number of hydrogen-bond acceptors (Lipinski definition) is 3. The minimum Gasteiger partial charge on any atom is -0.481 e. The van der Waals surface area contributed by atoms with E-state index >= 15 is 0 Å². The van der Waals surface area contributed by atoms with Crippen LogP contribution in [-0.4, -0.2) is 24.7 Å². The second kappa shape index (κ2) is 5.96. The standard InChI is InChI=1S/C11H11BrF2O4S/c1-6(4-10(15)16)19(17,18)5-7-9(13)3-2-8(12)11(7)14/h2-3,6H,4-5H2,1H3,(H,15,16). The molecule has 0 heterocycles. The Balaban J connectivity index is 3.09. The number of carboxylic acid groups (broad SMARTS) is 1. The minimum absolute atomic E-state index is 0.0509. The largest absolute Gasteiger partial charge is 0.481 e. The van der Waals surface area contributed by atoms with Crippen molar-refractivity contribution in [3.8, 4) is 0 Å². The van der Waals surface area contributed by atoms with Gasteiger partial charge in [-0.3, -0.25) is 4.79 Å². The third-order valence-electron chi connectivity index (χ3n) is 2.56. The lowest BCUT2D eigenvalue weighted by Crippen LogP contribution is -2.23. The number of aliphatic carboxylic acids is 1. The Kier molecular flexibility index (Phi) is 5.03. The number of halogens is 3. The summed E-state index contributed by atoms with van der Waals surface area (Å²) in [4.78, 5) is 10.5. The lowest BCUT2D eigenvalue weighted by Gasteiger charge is -2.12. The molecule has 0 fully saturated rings. The first kappa shape index (κ1) is 16.0. The summed E-state index contributed by atoms with van der Waals surface area (Å²) in [6.07, 6.45) is -0.612. The highest BCUT2D eigenvalue weighted by atomic mass is 79.9. The van der Waals surface area contributed by atoms with Gasteiger partial charge in [0.15, 0.2) is 9.84 Å². The Hall–Kier alpha value is -1.02. The van der Waals surface area contributed by atoms with E-state index in [0.29, 0.717) is 0 Å². The molecule has 19 heavy (non-hydrogen) atoms. The third kappa shape index (κ3) is 3.97. The molecule has 8 heteroatoms. The molecule has 106 valence electrons. The van der Waals surface area contributed by atoms with E-state index in [-0.39, 0.29) is 4.47 Å². The summed E-state index contributed by atoms with van der Waals surface area (Å²) in [7, 11) is -3.95. The summed E-state index contributed by atoms with van der Waals surface area (Å²) in [5.74, 6) is -4.14. The quantitative estimate of drug-likeness (QED) is 0.822. The number of carboxylic acids is 1. The van der Waals surface area contributed by atoms with E-state index in [4.69, 9.17) is 5.11 Å². The minimum atomic E-state index is -3.95. The molecular weight excluding hydrogens is 346 g/mol. The maximum atomic E-state index is 13.7. The molecule has 0 saturated heterocycles. The molecule has 0 spiro atoms. The van der Waals surface area contributed by atoms with Gasteiger partial charge in [-0.05, 0) is 35.0 Å². The van der Waals surface area contributed by atoms with Gasteiger partial charge in [-0.1, -0.05) is 0 Å². The van der Waals surface area contributed by atoms with E-state index in [0.717, 1.165) is 12.1 Å². The molecule has 0 saturated carbocycles. The van der Waals surface area contributed by atoms with Crippen LogP contribution in [0.5, 0.6) is 0 Å². The van der Waals surface area contributed by atoms with Crippen molar-refractivity contribution in [1.82, 2.24) is 0 Å². The zero-order valence-corrected chi connectivity index (χ0v) is 12.3. The van der Waals surface area contributed by atoms with Crippen molar-refractivity contribution in [2.24, 2.45) is 0 Å². The maximum absolute atomic E-state index is 13.7. The van der Waals surface area contributed by atoms with E-state index in [9.17, 15) is 22.0 Å². The van der Waals surface area contributed by atoms with Gasteiger partial charge in [0.05, 0.1) is 21.9 Å². The number of carbonyl (C=O) groups is 1. The zero-order chi connectivity index (χ0) is 14.8. The number of hydrogen-bond donors (Lipinski definition) is 1. The lowest BCUT2D eigenvalue weighted by molar-refractivity contribution is -0.136. The number of rotatable bonds is 5. The van der Waals surface area contributed by atoms with Crippen molar-refractivity contribution >= 4 is 31.7 Å². The molecule has 0 radical (unpaired) electrons. The van der Waals surface area contributed by atoms with Gasteiger partial charge in [-0.2, -0.15) is 0 Å². The topological polar surface area (TPSA) is 71.4 Å². The Morgan fingerprint density at radius 1 is 1.42 bits per heavy atom. The van der Waals surface area contributed by atoms with Crippen LogP contribution in [0.3, 0.4) is 0 Å². The molecule has 0 aliphatic heterocycles. The van der Waals surface area contributed by atoms with Gasteiger partial charge in [0.25, 0.3) is 0 Å². The van der Waals surface area contributed by atoms with E-state index in [1.807, 2.05) is 0 Å². The van der Waals surface area contributed by atoms with Crippen molar-refractivity contribution in [1.29, 1.82) is 0 Å². The molecule has 1 atom stereocenters. The summed E-state index contributed by atoms with van der Waals surface area (Å²) in [5.41, 5.74) is -0.591. The summed E-state index contributed by atoms with van der Waals surface area (Å²) in [6, 6.07) is 2.07. The predicted octanol–water partition coefficient (Wildman–Crippen LogP) is 2.51. The number of sulfone groups is 1. The maximum Gasteiger partial charge on any atom is 0.304 e. The van der Waals surface area contributed by atoms with Crippen molar-refractivity contribution in [3.05, 3.63) is 33.8 Å². The van der Waals surface area contributed by atoms with Crippen LogP contribution in [0.2, 0.25) is 0 Å². The fourth-order valence-corrected chi connectivity index (χ4v) is 3.14. The van der Waals surface area contributed by atoms with Gasteiger partial charge in [0.2, 0.25) is 0 Å². The van der Waals surface area contributed by atoms with Crippen LogP contribution >= 0.6 is 15.9 Å². The van der Waals surface area contributed by atoms with Gasteiger partial charge in [-0.25, -0.2) is 17.2 Å². The van der Waals surface area contributed by atoms with Gasteiger partial charge < -0.3 is 5.11 Å². The molecule has 4 nitrogen and oxygen atoms in total. The highest BCUT2D eigenvalue weighted by molar-refractivity contribution is 9.10. The summed E-state index contributed by atoms with van der Waals surface area (Å²) < 4.78 is 50.7. The first-order valence-electron chi connectivity index (χ1n) is 5.21. The highest BCUT2D eigenvalue weighted by Crippen LogP contribution is 2.24.